The molecule has 1 aromatic carbocycles. The third-order valence-corrected chi connectivity index (χ3v) is 5.58. The molecule has 3 amide bonds. The maximum atomic E-state index is 12.8. The minimum absolute atomic E-state index is 0.000196. The van der Waals surface area contributed by atoms with Gasteiger partial charge in [0.2, 0.25) is 11.8 Å². The number of anilines is 1. The highest BCUT2D eigenvalue weighted by atomic mass is 32.1. The van der Waals surface area contributed by atoms with E-state index in [2.05, 4.69) is 10.3 Å². The smallest absolute Gasteiger partial charge is 0.417 e. The van der Waals surface area contributed by atoms with E-state index < -0.39 is 35.4 Å². The molecule has 1 N–H and O–H groups in total. The molecule has 0 unspecified atom stereocenters. The quantitative estimate of drug-likeness (QED) is 0.534. The Hall–Kier alpha value is -3.54. The molecule has 33 heavy (non-hydrogen) atoms. The van der Waals surface area contributed by atoms with Crippen molar-refractivity contribution in [2.24, 2.45) is 5.92 Å². The largest absolute Gasteiger partial charge is 0.439 e. The number of benzene rings is 1. The Kier molecular flexibility index (Phi) is 6.41. The molecule has 2 aromatic rings. The lowest BCUT2D eigenvalue weighted by atomic mass is 10.0. The molecular weight excluding hydrogens is 461 g/mol. The average molecular weight is 480 g/mol. The number of thiocarbonyl (C=S) groups is 1. The zero-order valence-corrected chi connectivity index (χ0v) is 18.8. The Morgan fingerprint density at radius 3 is 2.09 bits per heavy atom. The van der Waals surface area contributed by atoms with Crippen molar-refractivity contribution in [3.05, 3.63) is 47.2 Å². The summed E-state index contributed by atoms with van der Waals surface area (Å²) in [5.74, 6) is -3.62. The van der Waals surface area contributed by atoms with Crippen LogP contribution in [0.2, 0.25) is 0 Å². The number of amides is 3. The first-order valence-corrected chi connectivity index (χ1v) is 9.94. The van der Waals surface area contributed by atoms with Crippen LogP contribution in [0.4, 0.5) is 18.9 Å². The molecule has 1 aromatic heterocycles. The van der Waals surface area contributed by atoms with Crippen LogP contribution in [-0.4, -0.2) is 51.7 Å². The van der Waals surface area contributed by atoms with Gasteiger partial charge in [-0.05, 0) is 55.4 Å². The Morgan fingerprint density at radius 1 is 1.09 bits per heavy atom. The van der Waals surface area contributed by atoms with E-state index in [1.54, 1.807) is 26.0 Å². The van der Waals surface area contributed by atoms with Gasteiger partial charge in [0.05, 0.1) is 5.56 Å². The number of pyridine rings is 1. The molecule has 1 aliphatic rings. The third kappa shape index (κ3) is 4.80. The van der Waals surface area contributed by atoms with Gasteiger partial charge >= 0.3 is 6.18 Å². The van der Waals surface area contributed by atoms with E-state index in [0.717, 1.165) is 21.9 Å². The van der Waals surface area contributed by atoms with Gasteiger partial charge in [-0.2, -0.15) is 13.2 Å². The fourth-order valence-electron chi connectivity index (χ4n) is 3.24. The van der Waals surface area contributed by atoms with Crippen molar-refractivity contribution in [2.75, 3.05) is 19.4 Å². The fourth-order valence-corrected chi connectivity index (χ4v) is 3.42. The van der Waals surface area contributed by atoms with Gasteiger partial charge in [0.25, 0.3) is 11.8 Å². The Bertz CT molecular complexity index is 1100. The molecule has 0 radical (unpaired) electrons. The van der Waals surface area contributed by atoms with E-state index in [1.165, 1.54) is 14.1 Å². The molecule has 1 aliphatic heterocycles. The highest BCUT2D eigenvalue weighted by molar-refractivity contribution is 7.80. The van der Waals surface area contributed by atoms with Crippen LogP contribution in [0, 0.1) is 19.8 Å². The number of ether oxygens (including phenoxy) is 1. The third-order valence-electron chi connectivity index (χ3n) is 5.03. The van der Waals surface area contributed by atoms with Crippen LogP contribution in [-0.2, 0) is 20.6 Å². The maximum Gasteiger partial charge on any atom is 0.417 e. The second-order valence-electron chi connectivity index (χ2n) is 7.42. The Morgan fingerprint density at radius 2 is 1.64 bits per heavy atom. The van der Waals surface area contributed by atoms with E-state index in [-0.39, 0.29) is 16.7 Å². The van der Waals surface area contributed by atoms with Crippen LogP contribution in [0.3, 0.4) is 0 Å². The van der Waals surface area contributed by atoms with Crippen molar-refractivity contribution in [1.29, 1.82) is 0 Å². The monoisotopic (exact) mass is 480 g/mol. The summed E-state index contributed by atoms with van der Waals surface area (Å²) in [5, 5.41) is 2.61. The van der Waals surface area contributed by atoms with Gasteiger partial charge in [0.1, 0.15) is 5.75 Å². The fraction of sp³-hybridized carbons (Fsp3) is 0.286. The highest BCUT2D eigenvalue weighted by Crippen LogP contribution is 2.32. The number of hydrogen-bond donors (Lipinski definition) is 1. The predicted molar refractivity (Wildman–Crippen MR) is 115 cm³/mol. The summed E-state index contributed by atoms with van der Waals surface area (Å²) in [5.41, 5.74) is 0.548. The molecule has 12 heteroatoms. The molecule has 0 aliphatic carbocycles. The number of aromatic nitrogens is 1. The second-order valence-corrected chi connectivity index (χ2v) is 7.78. The molecule has 8 nitrogen and oxygen atoms in total. The van der Waals surface area contributed by atoms with Crippen LogP contribution in [0.25, 0.3) is 0 Å². The Labute approximate surface area is 192 Å². The van der Waals surface area contributed by atoms with Gasteiger partial charge in [-0.25, -0.2) is 4.98 Å². The van der Waals surface area contributed by atoms with E-state index in [9.17, 15) is 27.6 Å². The maximum absolute atomic E-state index is 12.8. The highest BCUT2D eigenvalue weighted by Gasteiger charge is 2.45. The SMILES string of the molecule is Cc1cc(Oc2ccc(C(F)(F)F)cn2)cc(C)c1NC(=O)C1C(=O)N(C)C(=S)N(C)C1=O. The van der Waals surface area contributed by atoms with Crippen LogP contribution < -0.4 is 10.1 Å². The first-order valence-electron chi connectivity index (χ1n) is 9.53. The summed E-state index contributed by atoms with van der Waals surface area (Å²) in [6.45, 7) is 3.32. The van der Waals surface area contributed by atoms with Gasteiger partial charge in [-0.3, -0.25) is 24.2 Å². The predicted octanol–water partition coefficient (Wildman–Crippen LogP) is 3.28. The molecule has 3 rings (SSSR count). The van der Waals surface area contributed by atoms with Gasteiger partial charge in [0, 0.05) is 32.0 Å². The van der Waals surface area contributed by atoms with Crippen molar-refractivity contribution >= 4 is 40.7 Å². The van der Waals surface area contributed by atoms with Crippen LogP contribution >= 0.6 is 12.2 Å². The first-order chi connectivity index (χ1) is 15.3. The number of aryl methyl sites for hydroxylation is 2. The normalized spacial score (nSPS) is 15.2. The summed E-state index contributed by atoms with van der Waals surface area (Å²) in [7, 11) is 2.76. The summed E-state index contributed by atoms with van der Waals surface area (Å²) in [4.78, 5) is 43.5. The number of rotatable bonds is 4. The number of carbonyl (C=O) groups excluding carboxylic acids is 3. The number of nitrogens with zero attached hydrogens (tertiary/aromatic N) is 3. The number of halogens is 3. The lowest BCUT2D eigenvalue weighted by Gasteiger charge is -2.34. The van der Waals surface area contributed by atoms with Gasteiger partial charge in [0.15, 0.2) is 11.0 Å². The van der Waals surface area contributed by atoms with Crippen molar-refractivity contribution in [1.82, 2.24) is 14.8 Å². The topological polar surface area (TPSA) is 91.8 Å². The summed E-state index contributed by atoms with van der Waals surface area (Å²) in [6.07, 6.45) is -3.84. The first kappa shape index (κ1) is 24.1. The molecule has 0 spiro atoms. The molecule has 0 atom stereocenters. The van der Waals surface area contributed by atoms with Crippen molar-refractivity contribution < 1.29 is 32.3 Å². The molecular formula is C21H19F3N4O4S. The number of hydrogen-bond acceptors (Lipinski definition) is 6. The number of carbonyl (C=O) groups is 3. The Balaban J connectivity index is 1.79. The molecule has 0 bridgehead atoms. The molecule has 0 saturated carbocycles. The van der Waals surface area contributed by atoms with Crippen LogP contribution in [0.5, 0.6) is 11.6 Å². The summed E-state index contributed by atoms with van der Waals surface area (Å²) >= 11 is 5.01. The van der Waals surface area contributed by atoms with Crippen LogP contribution in [0.1, 0.15) is 16.7 Å². The zero-order valence-electron chi connectivity index (χ0n) is 18.0. The zero-order chi connectivity index (χ0) is 24.7. The second kappa shape index (κ2) is 8.77. The lowest BCUT2D eigenvalue weighted by Crippen LogP contribution is -2.59. The van der Waals surface area contributed by atoms with Gasteiger partial charge in [-0.1, -0.05) is 0 Å². The number of nitrogens with one attached hydrogen (secondary N) is 1. The molecule has 1 fully saturated rings. The summed E-state index contributed by atoms with van der Waals surface area (Å²) in [6, 6.07) is 5.04. The minimum Gasteiger partial charge on any atom is -0.439 e. The summed E-state index contributed by atoms with van der Waals surface area (Å²) < 4.78 is 43.6. The minimum atomic E-state index is -4.51. The van der Waals surface area contributed by atoms with Crippen LogP contribution in [0.15, 0.2) is 30.5 Å². The average Bonchev–Trinajstić information content (AvgIpc) is 2.73. The van der Waals surface area contributed by atoms with E-state index in [4.69, 9.17) is 17.0 Å². The number of alkyl halides is 3. The molecule has 174 valence electrons. The van der Waals surface area contributed by atoms with E-state index in [0.29, 0.717) is 23.0 Å². The van der Waals surface area contributed by atoms with Crippen molar-refractivity contribution in [2.45, 2.75) is 20.0 Å². The van der Waals surface area contributed by atoms with Gasteiger partial charge in [-0.15, -0.1) is 0 Å². The van der Waals surface area contributed by atoms with E-state index >= 15 is 0 Å². The standard InChI is InChI=1S/C21H19F3N4O4S/c1-10-7-13(32-14-6-5-12(9-25-14)21(22,23)24)8-11(2)16(10)26-17(29)15-18(30)27(3)20(33)28(4)19(15)31/h5-9,15H,1-4H3,(H,26,29). The van der Waals surface area contributed by atoms with Crippen molar-refractivity contribution in [3.8, 4) is 11.6 Å². The molecule has 1 saturated heterocycles. The van der Waals surface area contributed by atoms with Crippen molar-refractivity contribution in [3.63, 3.8) is 0 Å². The van der Waals surface area contributed by atoms with E-state index in [1.807, 2.05) is 0 Å². The van der Waals surface area contributed by atoms with Gasteiger partial charge < -0.3 is 10.1 Å². The lowest BCUT2D eigenvalue weighted by molar-refractivity contribution is -0.149. The molecule has 2 heterocycles.